The van der Waals surface area contributed by atoms with Gasteiger partial charge in [0.25, 0.3) is 0 Å². The molecule has 0 aromatic heterocycles. The van der Waals surface area contributed by atoms with Crippen molar-refractivity contribution >= 4 is 35.6 Å². The summed E-state index contributed by atoms with van der Waals surface area (Å²) in [5, 5.41) is 3.34. The number of piperazine rings is 1. The second-order valence-corrected chi connectivity index (χ2v) is 7.00. The van der Waals surface area contributed by atoms with Gasteiger partial charge in [0, 0.05) is 45.8 Å². The van der Waals surface area contributed by atoms with Gasteiger partial charge >= 0.3 is 0 Å². The number of anilines is 1. The summed E-state index contributed by atoms with van der Waals surface area (Å²) >= 11 is 0. The summed E-state index contributed by atoms with van der Waals surface area (Å²) in [6.45, 7) is 2.88. The van der Waals surface area contributed by atoms with Crippen molar-refractivity contribution in [2.24, 2.45) is 4.99 Å². The number of guanidine groups is 1. The van der Waals surface area contributed by atoms with E-state index in [4.69, 9.17) is 14.2 Å². The number of hydrogen-bond acceptors (Lipinski definition) is 5. The fourth-order valence-electron chi connectivity index (χ4n) is 3.64. The summed E-state index contributed by atoms with van der Waals surface area (Å²) < 4.78 is 43.8. The van der Waals surface area contributed by atoms with Crippen LogP contribution in [0.15, 0.2) is 35.3 Å². The molecule has 1 N–H and O–H groups in total. The van der Waals surface area contributed by atoms with Crippen LogP contribution in [0.4, 0.5) is 14.5 Å². The quantitative estimate of drug-likeness (QED) is 0.331. The van der Waals surface area contributed by atoms with E-state index in [0.29, 0.717) is 55.7 Å². The van der Waals surface area contributed by atoms with Crippen LogP contribution >= 0.6 is 24.0 Å². The van der Waals surface area contributed by atoms with Gasteiger partial charge in [-0.05, 0) is 29.8 Å². The first kappa shape index (κ1) is 25.8. The molecule has 0 radical (unpaired) electrons. The summed E-state index contributed by atoms with van der Waals surface area (Å²) in [6.07, 6.45) is 0. The van der Waals surface area contributed by atoms with Gasteiger partial charge in [0.2, 0.25) is 5.75 Å². The Balaban J connectivity index is 0.00000363. The number of nitrogens with zero attached hydrogens (tertiary/aromatic N) is 3. The number of benzene rings is 2. The van der Waals surface area contributed by atoms with Crippen molar-refractivity contribution < 1.29 is 23.0 Å². The average Bonchev–Trinajstić information content (AvgIpc) is 2.80. The van der Waals surface area contributed by atoms with Gasteiger partial charge in [0.1, 0.15) is 11.6 Å². The highest BCUT2D eigenvalue weighted by molar-refractivity contribution is 14.0. The zero-order valence-electron chi connectivity index (χ0n) is 18.7. The highest BCUT2D eigenvalue weighted by atomic mass is 127. The van der Waals surface area contributed by atoms with Crippen molar-refractivity contribution in [3.63, 3.8) is 0 Å². The van der Waals surface area contributed by atoms with Crippen molar-refractivity contribution in [1.82, 2.24) is 10.2 Å². The van der Waals surface area contributed by atoms with E-state index in [1.54, 1.807) is 28.4 Å². The van der Waals surface area contributed by atoms with E-state index in [9.17, 15) is 8.78 Å². The average molecular weight is 562 g/mol. The standard InChI is InChI=1S/C22H28F2N4O3.HI/c1-25-22(26-14-15-11-19(29-2)21(31-4)20(12-15)30-3)28-9-7-27(8-10-28)18-13-16(23)5-6-17(18)24;/h5-6,11-13H,7-10,14H2,1-4H3,(H,25,26);1H. The minimum atomic E-state index is -0.443. The number of aliphatic imine (C=N–C) groups is 1. The maximum Gasteiger partial charge on any atom is 0.203 e. The molecule has 1 heterocycles. The van der Waals surface area contributed by atoms with Crippen molar-refractivity contribution in [3.05, 3.63) is 47.5 Å². The van der Waals surface area contributed by atoms with Crippen molar-refractivity contribution in [3.8, 4) is 17.2 Å². The Morgan fingerprint density at radius 3 is 2.12 bits per heavy atom. The fourth-order valence-corrected chi connectivity index (χ4v) is 3.64. The SMILES string of the molecule is CN=C(NCc1cc(OC)c(OC)c(OC)c1)N1CCN(c2cc(F)ccc2F)CC1.I. The van der Waals surface area contributed by atoms with Crippen LogP contribution in [0.5, 0.6) is 17.2 Å². The molecular formula is C22H29F2IN4O3. The van der Waals surface area contributed by atoms with Crippen LogP contribution in [0.1, 0.15) is 5.56 Å². The third kappa shape index (κ3) is 5.84. The van der Waals surface area contributed by atoms with E-state index in [1.807, 2.05) is 17.0 Å². The van der Waals surface area contributed by atoms with E-state index in [2.05, 4.69) is 15.2 Å². The third-order valence-electron chi connectivity index (χ3n) is 5.22. The lowest BCUT2D eigenvalue weighted by atomic mass is 10.1. The summed E-state index contributed by atoms with van der Waals surface area (Å²) in [5.41, 5.74) is 1.23. The molecule has 7 nitrogen and oxygen atoms in total. The number of halogens is 3. The van der Waals surface area contributed by atoms with Gasteiger partial charge in [-0.15, -0.1) is 24.0 Å². The molecule has 1 aliphatic heterocycles. The second-order valence-electron chi connectivity index (χ2n) is 7.00. The van der Waals surface area contributed by atoms with E-state index >= 15 is 0 Å². The molecule has 3 rings (SSSR count). The topological polar surface area (TPSA) is 58.6 Å². The minimum absolute atomic E-state index is 0. The summed E-state index contributed by atoms with van der Waals surface area (Å²) in [5.74, 6) is 1.58. The van der Waals surface area contributed by atoms with Crippen LogP contribution in [0, 0.1) is 11.6 Å². The Kier molecular flexibility index (Phi) is 9.60. The first-order chi connectivity index (χ1) is 15.0. The van der Waals surface area contributed by atoms with E-state index in [0.717, 1.165) is 23.7 Å². The number of hydrogen-bond donors (Lipinski definition) is 1. The molecule has 176 valence electrons. The Morgan fingerprint density at radius 2 is 1.59 bits per heavy atom. The summed E-state index contributed by atoms with van der Waals surface area (Å²) in [7, 11) is 6.44. The molecule has 10 heteroatoms. The largest absolute Gasteiger partial charge is 0.493 e. The lowest BCUT2D eigenvalue weighted by molar-refractivity contribution is 0.323. The number of nitrogens with one attached hydrogen (secondary N) is 1. The summed E-state index contributed by atoms with van der Waals surface area (Å²) in [6, 6.07) is 7.29. The third-order valence-corrected chi connectivity index (χ3v) is 5.22. The fraction of sp³-hybridized carbons (Fsp3) is 0.409. The molecule has 0 spiro atoms. The molecular weight excluding hydrogens is 533 g/mol. The molecule has 2 aromatic rings. The van der Waals surface area contributed by atoms with Crippen LogP contribution in [0.2, 0.25) is 0 Å². The Labute approximate surface area is 204 Å². The lowest BCUT2D eigenvalue weighted by Crippen LogP contribution is -2.52. The van der Waals surface area contributed by atoms with Crippen molar-refractivity contribution in [2.45, 2.75) is 6.54 Å². The van der Waals surface area contributed by atoms with Crippen LogP contribution in [0.3, 0.4) is 0 Å². The van der Waals surface area contributed by atoms with Crippen LogP contribution in [-0.2, 0) is 6.54 Å². The molecule has 0 atom stereocenters. The number of rotatable bonds is 6. The molecule has 1 aliphatic rings. The predicted octanol–water partition coefficient (Wildman–Crippen LogP) is 3.51. The molecule has 1 fully saturated rings. The number of methoxy groups -OCH3 is 3. The van der Waals surface area contributed by atoms with Gasteiger partial charge in [0.05, 0.1) is 27.0 Å². The second kappa shape index (κ2) is 11.9. The monoisotopic (exact) mass is 562 g/mol. The Bertz CT molecular complexity index is 912. The minimum Gasteiger partial charge on any atom is -0.493 e. The van der Waals surface area contributed by atoms with Crippen molar-refractivity contribution in [2.75, 3.05) is 59.5 Å². The van der Waals surface area contributed by atoms with Gasteiger partial charge in [-0.1, -0.05) is 0 Å². The maximum absolute atomic E-state index is 14.1. The maximum atomic E-state index is 14.1. The molecule has 0 bridgehead atoms. The van der Waals surface area contributed by atoms with Gasteiger partial charge < -0.3 is 29.3 Å². The van der Waals surface area contributed by atoms with E-state index in [1.165, 1.54) is 6.07 Å². The molecule has 2 aromatic carbocycles. The van der Waals surface area contributed by atoms with Crippen LogP contribution in [-0.4, -0.2) is 65.4 Å². The van der Waals surface area contributed by atoms with E-state index < -0.39 is 11.6 Å². The normalized spacial score (nSPS) is 14.0. The van der Waals surface area contributed by atoms with Gasteiger partial charge in [0.15, 0.2) is 17.5 Å². The first-order valence-electron chi connectivity index (χ1n) is 9.95. The van der Waals surface area contributed by atoms with Gasteiger partial charge in [-0.3, -0.25) is 4.99 Å². The molecule has 0 saturated carbocycles. The smallest absolute Gasteiger partial charge is 0.203 e. The predicted molar refractivity (Wildman–Crippen MR) is 132 cm³/mol. The molecule has 0 aliphatic carbocycles. The van der Waals surface area contributed by atoms with Gasteiger partial charge in [-0.2, -0.15) is 0 Å². The molecule has 1 saturated heterocycles. The zero-order chi connectivity index (χ0) is 22.4. The van der Waals surface area contributed by atoms with Gasteiger partial charge in [-0.25, -0.2) is 8.78 Å². The number of ether oxygens (including phenoxy) is 3. The van der Waals surface area contributed by atoms with Crippen molar-refractivity contribution in [1.29, 1.82) is 0 Å². The van der Waals surface area contributed by atoms with Crippen LogP contribution in [0.25, 0.3) is 0 Å². The summed E-state index contributed by atoms with van der Waals surface area (Å²) in [4.78, 5) is 8.30. The highest BCUT2D eigenvalue weighted by Gasteiger charge is 2.22. The highest BCUT2D eigenvalue weighted by Crippen LogP contribution is 2.38. The molecule has 0 amide bonds. The Morgan fingerprint density at radius 1 is 0.969 bits per heavy atom. The Hall–Kier alpha value is -2.50. The van der Waals surface area contributed by atoms with Crippen LogP contribution < -0.4 is 24.4 Å². The lowest BCUT2D eigenvalue weighted by Gasteiger charge is -2.37. The molecule has 32 heavy (non-hydrogen) atoms. The van der Waals surface area contributed by atoms with E-state index in [-0.39, 0.29) is 24.0 Å². The first-order valence-corrected chi connectivity index (χ1v) is 9.95. The molecule has 0 unspecified atom stereocenters. The zero-order valence-corrected chi connectivity index (χ0v) is 21.0.